The number of carbonyl (C=O) groups excluding carboxylic acids is 2. The van der Waals surface area contributed by atoms with E-state index in [1.54, 1.807) is 0 Å². The summed E-state index contributed by atoms with van der Waals surface area (Å²) in [6.45, 7) is 2.63. The Balaban J connectivity index is -0.000000720. The van der Waals surface area contributed by atoms with Crippen molar-refractivity contribution in [3.05, 3.63) is 0 Å². The van der Waals surface area contributed by atoms with E-state index in [1.807, 2.05) is 0 Å². The van der Waals surface area contributed by atoms with Crippen molar-refractivity contribution in [2.75, 3.05) is 0 Å². The molecule has 0 aliphatic rings. The van der Waals surface area contributed by atoms with E-state index in [2.05, 4.69) is 0 Å². The molecule has 0 radical (unpaired) electrons. The number of rotatable bonds is 4. The van der Waals surface area contributed by atoms with E-state index >= 15 is 0 Å². The van der Waals surface area contributed by atoms with E-state index in [0.717, 1.165) is 6.92 Å². The number of hydrogen-bond acceptors (Lipinski definition) is 5. The summed E-state index contributed by atoms with van der Waals surface area (Å²) in [7, 11) is 0. The van der Waals surface area contributed by atoms with Crippen molar-refractivity contribution in [3.8, 4) is 6.07 Å². The molecular formula is C8H17N3O4. The minimum absolute atomic E-state index is 0. The van der Waals surface area contributed by atoms with Gasteiger partial charge in [-0.05, 0) is 6.42 Å². The third-order valence-electron chi connectivity index (χ3n) is 2.20. The Hall–Kier alpha value is -1.65. The van der Waals surface area contributed by atoms with E-state index < -0.39 is 23.3 Å². The Morgan fingerprint density at radius 2 is 1.80 bits per heavy atom. The van der Waals surface area contributed by atoms with Gasteiger partial charge < -0.3 is 32.1 Å². The molecule has 0 heterocycles. The molecule has 0 spiro atoms. The van der Waals surface area contributed by atoms with Gasteiger partial charge in [-0.1, -0.05) is 13.8 Å². The number of nitriles is 1. The average Bonchev–Trinajstić information content (AvgIpc) is 2.04. The number of aliphatic carboxylic acids is 2. The Morgan fingerprint density at radius 3 is 1.87 bits per heavy atom. The Morgan fingerprint density at radius 1 is 1.40 bits per heavy atom. The maximum atomic E-state index is 10.6. The second-order valence-corrected chi connectivity index (χ2v) is 2.94. The number of nitrogens with zero attached hydrogens (tertiary/aromatic N) is 1. The van der Waals surface area contributed by atoms with Crippen LogP contribution in [0.4, 0.5) is 0 Å². The molecule has 7 nitrogen and oxygen atoms in total. The van der Waals surface area contributed by atoms with Crippen LogP contribution in [0.2, 0.25) is 0 Å². The van der Waals surface area contributed by atoms with Gasteiger partial charge >= 0.3 is 0 Å². The first-order valence-corrected chi connectivity index (χ1v) is 3.72. The number of carboxylic acid groups (broad SMARTS) is 2. The molecule has 2 atom stereocenters. The van der Waals surface area contributed by atoms with Crippen molar-refractivity contribution in [1.29, 1.82) is 5.26 Å². The van der Waals surface area contributed by atoms with Gasteiger partial charge in [0, 0.05) is 11.4 Å². The van der Waals surface area contributed by atoms with Crippen LogP contribution < -0.4 is 22.5 Å². The normalized spacial score (nSPS) is 14.5. The Bertz CT molecular complexity index is 274. The van der Waals surface area contributed by atoms with Crippen LogP contribution in [0, 0.1) is 22.7 Å². The number of quaternary nitrogens is 2. The van der Waals surface area contributed by atoms with Crippen molar-refractivity contribution in [2.24, 2.45) is 11.3 Å². The van der Waals surface area contributed by atoms with Gasteiger partial charge in [0.15, 0.2) is 0 Å². The molecule has 88 valence electrons. The number of carboxylic acids is 2. The van der Waals surface area contributed by atoms with Gasteiger partial charge in [-0.3, -0.25) is 0 Å². The quantitative estimate of drug-likeness (QED) is 0.601. The highest BCUT2D eigenvalue weighted by Crippen LogP contribution is 2.29. The highest BCUT2D eigenvalue weighted by atomic mass is 16.4. The van der Waals surface area contributed by atoms with E-state index in [9.17, 15) is 19.8 Å². The smallest absolute Gasteiger partial charge is 0.0963 e. The second-order valence-electron chi connectivity index (χ2n) is 2.94. The van der Waals surface area contributed by atoms with Crippen molar-refractivity contribution in [2.45, 2.75) is 20.3 Å². The Kier molecular flexibility index (Phi) is 8.56. The lowest BCUT2D eigenvalue weighted by molar-refractivity contribution is -0.332. The van der Waals surface area contributed by atoms with Crippen molar-refractivity contribution in [1.82, 2.24) is 12.3 Å². The third kappa shape index (κ3) is 3.53. The van der Waals surface area contributed by atoms with Crippen molar-refractivity contribution < 1.29 is 19.8 Å². The van der Waals surface area contributed by atoms with Crippen LogP contribution in [0.25, 0.3) is 0 Å². The molecule has 0 amide bonds. The van der Waals surface area contributed by atoms with Crippen LogP contribution in [0.5, 0.6) is 0 Å². The van der Waals surface area contributed by atoms with Gasteiger partial charge in [-0.25, -0.2) is 0 Å². The monoisotopic (exact) mass is 219 g/mol. The molecule has 0 bridgehead atoms. The standard InChI is InChI=1S/C8H11NO4.2H3N/c1-3-8(2,7(12)13)5(4-9)6(10)11;;/h5H,3H2,1-2H3,(H,10,11)(H,12,13);2*1H3. The fourth-order valence-electron chi connectivity index (χ4n) is 0.922. The number of carbonyl (C=O) groups is 2. The lowest BCUT2D eigenvalue weighted by Crippen LogP contribution is -2.50. The lowest BCUT2D eigenvalue weighted by Gasteiger charge is -2.34. The van der Waals surface area contributed by atoms with Crippen LogP contribution in [-0.4, -0.2) is 11.9 Å². The van der Waals surface area contributed by atoms with Crippen LogP contribution in [0.3, 0.4) is 0 Å². The molecule has 15 heavy (non-hydrogen) atoms. The molecule has 0 aliphatic heterocycles. The molecule has 0 aromatic carbocycles. The van der Waals surface area contributed by atoms with Crippen LogP contribution in [0.15, 0.2) is 0 Å². The summed E-state index contributed by atoms with van der Waals surface area (Å²) in [6.07, 6.45) is 0.00153. The van der Waals surface area contributed by atoms with Gasteiger partial charge in [0.25, 0.3) is 0 Å². The zero-order chi connectivity index (χ0) is 10.6. The third-order valence-corrected chi connectivity index (χ3v) is 2.20. The van der Waals surface area contributed by atoms with Gasteiger partial charge in [0.05, 0.1) is 18.0 Å². The van der Waals surface area contributed by atoms with Gasteiger partial charge in [-0.2, -0.15) is 5.26 Å². The van der Waals surface area contributed by atoms with Crippen LogP contribution in [-0.2, 0) is 9.59 Å². The van der Waals surface area contributed by atoms with Crippen LogP contribution in [0.1, 0.15) is 20.3 Å². The largest absolute Gasteiger partial charge is 0.550 e. The number of hydrogen-bond donors (Lipinski definition) is 2. The van der Waals surface area contributed by atoms with E-state index in [-0.39, 0.29) is 18.7 Å². The molecule has 0 rings (SSSR count). The molecule has 0 aromatic heterocycles. The molecule has 0 saturated heterocycles. The minimum atomic E-state index is -1.69. The highest BCUT2D eigenvalue weighted by Gasteiger charge is 2.35. The molecule has 7 heteroatoms. The fourth-order valence-corrected chi connectivity index (χ4v) is 0.922. The summed E-state index contributed by atoms with van der Waals surface area (Å²) in [6, 6.07) is 1.39. The summed E-state index contributed by atoms with van der Waals surface area (Å²) < 4.78 is 0. The highest BCUT2D eigenvalue weighted by molar-refractivity contribution is 5.82. The van der Waals surface area contributed by atoms with Gasteiger partial charge in [-0.15, -0.1) is 0 Å². The molecule has 2 unspecified atom stereocenters. The summed E-state index contributed by atoms with van der Waals surface area (Å²) in [5, 5.41) is 29.5. The molecule has 0 aliphatic carbocycles. The maximum Gasteiger partial charge on any atom is 0.0963 e. The minimum Gasteiger partial charge on any atom is -0.550 e. The van der Waals surface area contributed by atoms with Gasteiger partial charge in [0.2, 0.25) is 0 Å². The van der Waals surface area contributed by atoms with Crippen molar-refractivity contribution in [3.63, 3.8) is 0 Å². The zero-order valence-corrected chi connectivity index (χ0v) is 9.36. The summed E-state index contributed by atoms with van der Waals surface area (Å²) in [5.41, 5.74) is -1.69. The predicted octanol–water partition coefficient (Wildman–Crippen LogP) is -1.21. The first-order valence-electron chi connectivity index (χ1n) is 3.72. The lowest BCUT2D eigenvalue weighted by atomic mass is 9.75. The second kappa shape index (κ2) is 6.75. The first-order chi connectivity index (χ1) is 5.90. The molecule has 0 aromatic rings. The van der Waals surface area contributed by atoms with E-state index in [0.29, 0.717) is 0 Å². The summed E-state index contributed by atoms with van der Waals surface area (Å²) >= 11 is 0. The zero-order valence-electron chi connectivity index (χ0n) is 9.36. The molecule has 8 N–H and O–H groups in total. The molecule has 0 saturated carbocycles. The van der Waals surface area contributed by atoms with Crippen LogP contribution >= 0.6 is 0 Å². The maximum absolute atomic E-state index is 10.6. The van der Waals surface area contributed by atoms with E-state index in [4.69, 9.17) is 5.26 Å². The van der Waals surface area contributed by atoms with Crippen molar-refractivity contribution >= 4 is 11.9 Å². The SMILES string of the molecule is CCC(C)(C(=O)[O-])C(C#N)C(=O)[O-].[NH4+].[NH4+]. The molecule has 0 fully saturated rings. The average molecular weight is 219 g/mol. The molecular weight excluding hydrogens is 202 g/mol. The summed E-state index contributed by atoms with van der Waals surface area (Å²) in [4.78, 5) is 21.0. The summed E-state index contributed by atoms with van der Waals surface area (Å²) in [5.74, 6) is -4.91. The predicted molar refractivity (Wildman–Crippen MR) is 49.5 cm³/mol. The van der Waals surface area contributed by atoms with E-state index in [1.165, 1.54) is 13.0 Å². The van der Waals surface area contributed by atoms with Gasteiger partial charge in [0.1, 0.15) is 0 Å². The topological polar surface area (TPSA) is 177 Å². The first kappa shape index (κ1) is 19.0. The fraction of sp³-hybridized carbons (Fsp3) is 0.625. The Labute approximate surface area is 87.9 Å².